The Morgan fingerprint density at radius 2 is 1.93 bits per heavy atom. The van der Waals surface area contributed by atoms with Gasteiger partial charge in [-0.2, -0.15) is 0 Å². The SMILES string of the molecule is CCOC(=O)C(SC(=O)OC)C(C)=O. The predicted molar refractivity (Wildman–Crippen MR) is 51.1 cm³/mol. The molecule has 5 nitrogen and oxygen atoms in total. The molecule has 0 amide bonds. The first-order valence-electron chi connectivity index (χ1n) is 3.94. The molecule has 0 aliphatic carbocycles. The summed E-state index contributed by atoms with van der Waals surface area (Å²) in [4.78, 5) is 33.0. The molecule has 0 aliphatic heterocycles. The zero-order valence-corrected chi connectivity index (χ0v) is 9.05. The molecule has 0 N–H and O–H groups in total. The predicted octanol–water partition coefficient (Wildman–Crippen LogP) is 1.01. The van der Waals surface area contributed by atoms with Crippen LogP contribution in [-0.2, 0) is 19.1 Å². The highest BCUT2D eigenvalue weighted by molar-refractivity contribution is 8.14. The summed E-state index contributed by atoms with van der Waals surface area (Å²) in [6.45, 7) is 3.01. The van der Waals surface area contributed by atoms with Crippen LogP contribution in [0.5, 0.6) is 0 Å². The van der Waals surface area contributed by atoms with E-state index in [1.54, 1.807) is 6.92 Å². The standard InChI is InChI=1S/C8H12O5S/c1-4-13-7(10)6(5(2)9)14-8(11)12-3/h6H,4H2,1-3H3. The monoisotopic (exact) mass is 220 g/mol. The summed E-state index contributed by atoms with van der Waals surface area (Å²) in [5.41, 5.74) is 0. The normalized spacial score (nSPS) is 11.6. The number of esters is 1. The Labute approximate surface area is 86.1 Å². The fourth-order valence-corrected chi connectivity index (χ4v) is 1.28. The van der Waals surface area contributed by atoms with Crippen LogP contribution < -0.4 is 0 Å². The number of hydrogen-bond acceptors (Lipinski definition) is 6. The lowest BCUT2D eigenvalue weighted by Crippen LogP contribution is -2.28. The van der Waals surface area contributed by atoms with E-state index in [1.807, 2.05) is 0 Å². The molecule has 0 spiro atoms. The van der Waals surface area contributed by atoms with E-state index in [1.165, 1.54) is 14.0 Å². The van der Waals surface area contributed by atoms with E-state index in [0.717, 1.165) is 0 Å². The van der Waals surface area contributed by atoms with E-state index in [0.29, 0.717) is 11.8 Å². The molecule has 0 aromatic rings. The van der Waals surface area contributed by atoms with Crippen LogP contribution >= 0.6 is 11.8 Å². The summed E-state index contributed by atoms with van der Waals surface area (Å²) in [7, 11) is 1.18. The van der Waals surface area contributed by atoms with Crippen molar-refractivity contribution in [1.29, 1.82) is 0 Å². The third-order valence-corrected chi connectivity index (χ3v) is 2.37. The first kappa shape index (κ1) is 13.0. The lowest BCUT2D eigenvalue weighted by atomic mass is 10.3. The van der Waals surface area contributed by atoms with E-state index in [4.69, 9.17) is 0 Å². The molecule has 0 aromatic carbocycles. The third-order valence-electron chi connectivity index (χ3n) is 1.25. The number of Topliss-reactive ketones (excluding diaryl/α,β-unsaturated/α-hetero) is 1. The number of ether oxygens (including phenoxy) is 2. The Balaban J connectivity index is 4.36. The van der Waals surface area contributed by atoms with Crippen molar-refractivity contribution in [1.82, 2.24) is 0 Å². The van der Waals surface area contributed by atoms with Crippen molar-refractivity contribution in [2.24, 2.45) is 0 Å². The Morgan fingerprint density at radius 3 is 2.29 bits per heavy atom. The minimum absolute atomic E-state index is 0.171. The molecule has 0 fully saturated rings. The van der Waals surface area contributed by atoms with Gasteiger partial charge in [0.05, 0.1) is 13.7 Å². The second-order valence-electron chi connectivity index (χ2n) is 2.31. The molecule has 14 heavy (non-hydrogen) atoms. The first-order valence-corrected chi connectivity index (χ1v) is 4.82. The Hall–Kier alpha value is -1.04. The van der Waals surface area contributed by atoms with Crippen molar-refractivity contribution < 1.29 is 23.9 Å². The van der Waals surface area contributed by atoms with Gasteiger partial charge in [0.2, 0.25) is 0 Å². The molecular formula is C8H12O5S. The Bertz CT molecular complexity index is 238. The van der Waals surface area contributed by atoms with Crippen molar-refractivity contribution >= 4 is 28.8 Å². The van der Waals surface area contributed by atoms with Gasteiger partial charge in [0, 0.05) is 0 Å². The van der Waals surface area contributed by atoms with Gasteiger partial charge in [-0.3, -0.25) is 9.59 Å². The van der Waals surface area contributed by atoms with Gasteiger partial charge in [-0.05, 0) is 25.6 Å². The van der Waals surface area contributed by atoms with E-state index in [9.17, 15) is 14.4 Å². The minimum atomic E-state index is -1.12. The smallest absolute Gasteiger partial charge is 0.368 e. The van der Waals surface area contributed by atoms with Gasteiger partial charge in [-0.15, -0.1) is 0 Å². The summed E-state index contributed by atoms with van der Waals surface area (Å²) in [6, 6.07) is 0. The second kappa shape index (κ2) is 6.42. The lowest BCUT2D eigenvalue weighted by Gasteiger charge is -2.09. The van der Waals surface area contributed by atoms with E-state index >= 15 is 0 Å². The van der Waals surface area contributed by atoms with Crippen LogP contribution in [0.15, 0.2) is 0 Å². The van der Waals surface area contributed by atoms with Crippen LogP contribution in [0.1, 0.15) is 13.8 Å². The fraction of sp³-hybridized carbons (Fsp3) is 0.625. The first-order chi connectivity index (χ1) is 6.52. The van der Waals surface area contributed by atoms with Crippen molar-refractivity contribution in [2.45, 2.75) is 19.1 Å². The quantitative estimate of drug-likeness (QED) is 0.520. The van der Waals surface area contributed by atoms with Crippen LogP contribution in [0, 0.1) is 0 Å². The molecule has 0 bridgehead atoms. The van der Waals surface area contributed by atoms with Gasteiger partial charge >= 0.3 is 11.3 Å². The highest BCUT2D eigenvalue weighted by Crippen LogP contribution is 2.16. The highest BCUT2D eigenvalue weighted by Gasteiger charge is 2.28. The molecular weight excluding hydrogens is 208 g/mol. The van der Waals surface area contributed by atoms with Crippen LogP contribution in [0.25, 0.3) is 0 Å². The molecule has 80 valence electrons. The maximum atomic E-state index is 11.2. The molecule has 0 heterocycles. The van der Waals surface area contributed by atoms with Gasteiger partial charge in [-0.1, -0.05) is 0 Å². The van der Waals surface area contributed by atoms with E-state index < -0.39 is 22.3 Å². The largest absolute Gasteiger partial charge is 0.465 e. The Morgan fingerprint density at radius 1 is 1.36 bits per heavy atom. The van der Waals surface area contributed by atoms with Gasteiger partial charge in [0.25, 0.3) is 0 Å². The number of ketones is 1. The summed E-state index contributed by atoms with van der Waals surface area (Å²) >= 11 is 0.516. The summed E-state index contributed by atoms with van der Waals surface area (Å²) in [5.74, 6) is -1.14. The number of hydrogen-bond donors (Lipinski definition) is 0. The van der Waals surface area contributed by atoms with Gasteiger partial charge < -0.3 is 9.47 Å². The van der Waals surface area contributed by atoms with Gasteiger partial charge in [0.1, 0.15) is 0 Å². The number of carbonyl (C=O) groups excluding carboxylic acids is 3. The van der Waals surface area contributed by atoms with Crippen molar-refractivity contribution in [3.8, 4) is 0 Å². The summed E-state index contributed by atoms with van der Waals surface area (Å²) in [6.07, 6.45) is 0. The fourth-order valence-electron chi connectivity index (χ4n) is 0.659. The maximum absolute atomic E-state index is 11.2. The van der Waals surface area contributed by atoms with Crippen LogP contribution in [0.2, 0.25) is 0 Å². The highest BCUT2D eigenvalue weighted by atomic mass is 32.2. The minimum Gasteiger partial charge on any atom is -0.465 e. The number of methoxy groups -OCH3 is 1. The number of carbonyl (C=O) groups is 3. The van der Waals surface area contributed by atoms with Crippen molar-refractivity contribution in [2.75, 3.05) is 13.7 Å². The van der Waals surface area contributed by atoms with Crippen molar-refractivity contribution in [3.05, 3.63) is 0 Å². The van der Waals surface area contributed by atoms with E-state index in [2.05, 4.69) is 9.47 Å². The zero-order valence-electron chi connectivity index (χ0n) is 8.23. The topological polar surface area (TPSA) is 69.7 Å². The van der Waals surface area contributed by atoms with Gasteiger partial charge in [-0.25, -0.2) is 4.79 Å². The molecule has 1 unspecified atom stereocenters. The van der Waals surface area contributed by atoms with Crippen molar-refractivity contribution in [3.63, 3.8) is 0 Å². The van der Waals surface area contributed by atoms with E-state index in [-0.39, 0.29) is 6.61 Å². The lowest BCUT2D eigenvalue weighted by molar-refractivity contribution is -0.144. The molecule has 0 radical (unpaired) electrons. The second-order valence-corrected chi connectivity index (χ2v) is 3.36. The molecule has 0 aromatic heterocycles. The average molecular weight is 220 g/mol. The van der Waals surface area contributed by atoms with Crippen LogP contribution in [0.3, 0.4) is 0 Å². The number of thioether (sulfide) groups is 1. The zero-order chi connectivity index (χ0) is 11.1. The molecule has 6 heteroatoms. The molecule has 0 saturated heterocycles. The number of rotatable bonds is 4. The molecule has 0 rings (SSSR count). The maximum Gasteiger partial charge on any atom is 0.368 e. The molecule has 1 atom stereocenters. The van der Waals surface area contributed by atoms with Crippen LogP contribution in [0.4, 0.5) is 4.79 Å². The van der Waals surface area contributed by atoms with Crippen LogP contribution in [-0.4, -0.2) is 36.0 Å². The third kappa shape index (κ3) is 4.27. The molecule has 0 aliphatic rings. The van der Waals surface area contributed by atoms with Gasteiger partial charge in [0.15, 0.2) is 11.0 Å². The summed E-state index contributed by atoms with van der Waals surface area (Å²) < 4.78 is 8.95. The molecule has 0 saturated carbocycles. The summed E-state index contributed by atoms with van der Waals surface area (Å²) in [5, 5.41) is -1.80. The Kier molecular flexibility index (Phi) is 5.94. The average Bonchev–Trinajstić information content (AvgIpc) is 2.13.